The molecule has 204 valence electrons. The van der Waals surface area contributed by atoms with Crippen LogP contribution in [0.15, 0.2) is 85.7 Å². The predicted molar refractivity (Wildman–Crippen MR) is 153 cm³/mol. The first-order valence-electron chi connectivity index (χ1n) is 13.6. The molecule has 2 atom stereocenters. The molecule has 0 saturated carbocycles. The fourth-order valence-corrected chi connectivity index (χ4v) is 5.83. The molecular weight excluding hydrogens is 516 g/mol. The van der Waals surface area contributed by atoms with Crippen LogP contribution >= 0.6 is 0 Å². The molecule has 41 heavy (non-hydrogen) atoms. The lowest BCUT2D eigenvalue weighted by Crippen LogP contribution is -2.14. The summed E-state index contributed by atoms with van der Waals surface area (Å²) in [6, 6.07) is 11.0. The summed E-state index contributed by atoms with van der Waals surface area (Å²) in [5, 5.41) is 21.5. The molecule has 8 nitrogen and oxygen atoms in total. The minimum atomic E-state index is -0.181. The van der Waals surface area contributed by atoms with E-state index in [0.29, 0.717) is 43.5 Å². The molecule has 6 rings (SSSR count). The quantitative estimate of drug-likeness (QED) is 0.334. The maximum absolute atomic E-state index is 12.6. The Hall–Kier alpha value is -4.98. The maximum atomic E-state index is 12.6. The van der Waals surface area contributed by atoms with Crippen LogP contribution in [-0.2, 0) is 16.0 Å². The fraction of sp³-hybridized carbons (Fsp3) is 0.212. The van der Waals surface area contributed by atoms with Gasteiger partial charge >= 0.3 is 0 Å². The number of hydrogen-bond donors (Lipinski definition) is 2. The number of aromatic hydroxyl groups is 2. The van der Waals surface area contributed by atoms with E-state index in [1.54, 1.807) is 61.5 Å². The number of aromatic nitrogens is 4. The summed E-state index contributed by atoms with van der Waals surface area (Å²) in [5.74, 6) is -0.0674. The minimum absolute atomic E-state index is 0.00758. The van der Waals surface area contributed by atoms with Crippen molar-refractivity contribution in [3.8, 4) is 11.5 Å². The molecule has 2 N–H and O–H groups in total. The van der Waals surface area contributed by atoms with Crippen molar-refractivity contribution in [3.63, 3.8) is 0 Å². The van der Waals surface area contributed by atoms with E-state index in [2.05, 4.69) is 19.9 Å². The summed E-state index contributed by atoms with van der Waals surface area (Å²) in [6.45, 7) is 0. The molecule has 4 aromatic rings. The summed E-state index contributed by atoms with van der Waals surface area (Å²) in [5.41, 5.74) is 6.33. The number of phenols is 2. The van der Waals surface area contributed by atoms with Gasteiger partial charge in [-0.2, -0.15) is 0 Å². The lowest BCUT2D eigenvalue weighted by Gasteiger charge is -2.24. The molecule has 0 spiro atoms. The lowest BCUT2D eigenvalue weighted by atomic mass is 9.80. The van der Waals surface area contributed by atoms with E-state index < -0.39 is 0 Å². The first kappa shape index (κ1) is 26.3. The van der Waals surface area contributed by atoms with Crippen LogP contribution in [0, 0.1) is 0 Å². The van der Waals surface area contributed by atoms with E-state index in [1.807, 2.05) is 24.3 Å². The van der Waals surface area contributed by atoms with Crippen molar-refractivity contribution in [1.82, 2.24) is 19.9 Å². The summed E-state index contributed by atoms with van der Waals surface area (Å²) >= 11 is 0. The number of allylic oxidation sites excluding steroid dienone is 4. The van der Waals surface area contributed by atoms with E-state index in [1.165, 1.54) is 0 Å². The second kappa shape index (κ2) is 11.3. The van der Waals surface area contributed by atoms with Gasteiger partial charge in [0.25, 0.3) is 0 Å². The molecule has 2 aliphatic carbocycles. The van der Waals surface area contributed by atoms with Gasteiger partial charge in [0.15, 0.2) is 11.6 Å². The Balaban J connectivity index is 1.24. The van der Waals surface area contributed by atoms with Gasteiger partial charge in [0.1, 0.15) is 11.5 Å². The topological polar surface area (TPSA) is 126 Å². The third-order valence-electron chi connectivity index (χ3n) is 7.75. The Morgan fingerprint density at radius 2 is 1.10 bits per heavy atom. The highest BCUT2D eigenvalue weighted by Crippen LogP contribution is 2.41. The van der Waals surface area contributed by atoms with Crippen LogP contribution in [0.5, 0.6) is 11.5 Å². The number of benzene rings is 2. The van der Waals surface area contributed by atoms with Gasteiger partial charge in [0, 0.05) is 37.6 Å². The van der Waals surface area contributed by atoms with E-state index in [4.69, 9.17) is 0 Å². The Kier molecular flexibility index (Phi) is 7.20. The lowest BCUT2D eigenvalue weighted by molar-refractivity contribution is -0.116. The molecule has 8 heteroatoms. The number of rotatable bonds is 6. The summed E-state index contributed by atoms with van der Waals surface area (Å²) < 4.78 is 0. The first-order chi connectivity index (χ1) is 19.9. The van der Waals surface area contributed by atoms with Crippen molar-refractivity contribution >= 4 is 22.7 Å². The summed E-state index contributed by atoms with van der Waals surface area (Å²) in [7, 11) is 0. The molecule has 0 aliphatic heterocycles. The zero-order valence-corrected chi connectivity index (χ0v) is 22.3. The van der Waals surface area contributed by atoms with E-state index in [-0.39, 0.29) is 34.9 Å². The molecule has 0 radical (unpaired) electrons. The summed E-state index contributed by atoms with van der Waals surface area (Å²) in [6.07, 6.45) is 15.2. The van der Waals surface area contributed by atoms with E-state index in [0.717, 1.165) is 33.4 Å². The number of carbonyl (C=O) groups is 2. The van der Waals surface area contributed by atoms with Gasteiger partial charge in [-0.15, -0.1) is 0 Å². The van der Waals surface area contributed by atoms with Crippen molar-refractivity contribution in [2.24, 2.45) is 0 Å². The van der Waals surface area contributed by atoms with Gasteiger partial charge in [-0.25, -0.2) is 0 Å². The van der Waals surface area contributed by atoms with Gasteiger partial charge in [0.2, 0.25) is 0 Å². The highest BCUT2D eigenvalue weighted by Gasteiger charge is 2.27. The van der Waals surface area contributed by atoms with Gasteiger partial charge in [-0.05, 0) is 88.8 Å². The largest absolute Gasteiger partial charge is 0.508 e. The average molecular weight is 545 g/mol. The van der Waals surface area contributed by atoms with Crippen molar-refractivity contribution < 1.29 is 19.8 Å². The molecule has 2 heterocycles. The van der Waals surface area contributed by atoms with Crippen LogP contribution in [0.2, 0.25) is 0 Å². The van der Waals surface area contributed by atoms with Crippen LogP contribution in [-0.4, -0.2) is 41.7 Å². The first-order valence-corrected chi connectivity index (χ1v) is 13.6. The minimum Gasteiger partial charge on any atom is -0.508 e. The van der Waals surface area contributed by atoms with Crippen molar-refractivity contribution in [1.29, 1.82) is 0 Å². The molecule has 2 unspecified atom stereocenters. The number of ketones is 2. The standard InChI is InChI=1S/C33H28N4O4/c38-26-14-22(12-24(16-26)30-18-34-5-7-36-30)28-10-20(1-3-32(28)40)9-21-2-4-33(41)29(11-21)23-13-25(17-27(39)15-23)31-19-35-6-8-37-31/h1-8,10-11,16-19,22-23,40-41H,9,12-15H2. The van der Waals surface area contributed by atoms with Crippen molar-refractivity contribution in [2.75, 3.05) is 0 Å². The van der Waals surface area contributed by atoms with E-state index >= 15 is 0 Å². The molecule has 0 amide bonds. The molecule has 0 bridgehead atoms. The number of phenolic OH excluding ortho intramolecular Hbond substituents is 2. The Bertz CT molecular complexity index is 1560. The molecular formula is C33H28N4O4. The van der Waals surface area contributed by atoms with Crippen molar-refractivity contribution in [3.05, 3.63) is 119 Å². The van der Waals surface area contributed by atoms with Crippen LogP contribution in [0.4, 0.5) is 0 Å². The van der Waals surface area contributed by atoms with Crippen LogP contribution in [0.1, 0.15) is 71.2 Å². The zero-order valence-electron chi connectivity index (χ0n) is 22.3. The molecule has 0 fully saturated rings. The second-order valence-corrected chi connectivity index (χ2v) is 10.6. The Labute approximate surface area is 237 Å². The smallest absolute Gasteiger partial charge is 0.156 e. The molecule has 2 aromatic heterocycles. The number of hydrogen-bond acceptors (Lipinski definition) is 8. The molecule has 0 saturated heterocycles. The van der Waals surface area contributed by atoms with Crippen LogP contribution in [0.25, 0.3) is 11.1 Å². The van der Waals surface area contributed by atoms with Gasteiger partial charge in [0.05, 0.1) is 23.8 Å². The van der Waals surface area contributed by atoms with Gasteiger partial charge in [-0.1, -0.05) is 24.3 Å². The second-order valence-electron chi connectivity index (χ2n) is 10.6. The van der Waals surface area contributed by atoms with Gasteiger partial charge < -0.3 is 10.2 Å². The normalized spacial score (nSPS) is 19.0. The third kappa shape index (κ3) is 5.82. The SMILES string of the molecule is O=C1C=C(c2cnccn2)CC(c2cc(Cc3ccc(O)c(C4CC(=O)C=C(c5cnccn5)C4)c3)ccc2O)C1. The highest BCUT2D eigenvalue weighted by molar-refractivity contribution is 5.99. The van der Waals surface area contributed by atoms with Crippen LogP contribution < -0.4 is 0 Å². The zero-order chi connectivity index (χ0) is 28.3. The number of carbonyl (C=O) groups excluding carboxylic acids is 2. The summed E-state index contributed by atoms with van der Waals surface area (Å²) in [4.78, 5) is 42.2. The Morgan fingerprint density at radius 3 is 1.51 bits per heavy atom. The average Bonchev–Trinajstić information content (AvgIpc) is 2.99. The highest BCUT2D eigenvalue weighted by atomic mass is 16.3. The predicted octanol–water partition coefficient (Wildman–Crippen LogP) is 5.33. The maximum Gasteiger partial charge on any atom is 0.156 e. The van der Waals surface area contributed by atoms with Crippen molar-refractivity contribution in [2.45, 2.75) is 43.9 Å². The Morgan fingerprint density at radius 1 is 0.634 bits per heavy atom. The molecule has 2 aromatic carbocycles. The number of nitrogens with zero attached hydrogens (tertiary/aromatic N) is 4. The monoisotopic (exact) mass is 544 g/mol. The fourth-order valence-electron chi connectivity index (χ4n) is 5.83. The van der Waals surface area contributed by atoms with Gasteiger partial charge in [-0.3, -0.25) is 29.5 Å². The molecule has 2 aliphatic rings. The van der Waals surface area contributed by atoms with E-state index in [9.17, 15) is 19.8 Å². The van der Waals surface area contributed by atoms with Crippen LogP contribution in [0.3, 0.4) is 0 Å². The third-order valence-corrected chi connectivity index (χ3v) is 7.75.